The van der Waals surface area contributed by atoms with E-state index in [9.17, 15) is 22.8 Å². The third kappa shape index (κ3) is 4.02. The smallest absolute Gasteiger partial charge is 0.240 e. The van der Waals surface area contributed by atoms with E-state index < -0.39 is 41.7 Å². The molecule has 106 valence electrons. The van der Waals surface area contributed by atoms with Gasteiger partial charge in [0, 0.05) is 18.1 Å². The highest BCUT2D eigenvalue weighted by Gasteiger charge is 2.19. The molecule has 2 amide bonds. The van der Waals surface area contributed by atoms with Gasteiger partial charge in [-0.2, -0.15) is 0 Å². The molecule has 3 N–H and O–H groups in total. The van der Waals surface area contributed by atoms with E-state index >= 15 is 0 Å². The average molecular weight is 284 g/mol. The van der Waals surface area contributed by atoms with E-state index in [1.165, 1.54) is 0 Å². The molecule has 20 heavy (non-hydrogen) atoms. The molecule has 0 aliphatic heterocycles. The lowest BCUT2D eigenvalue weighted by Gasteiger charge is -2.13. The van der Waals surface area contributed by atoms with Gasteiger partial charge < -0.3 is 11.1 Å². The molecule has 0 saturated carbocycles. The zero-order valence-electron chi connectivity index (χ0n) is 10.3. The number of carbonyl (C=O) groups excluding carboxylic acids is 2. The predicted molar refractivity (Wildman–Crippen MR) is 64.6 cm³/mol. The Hall–Kier alpha value is -2.49. The monoisotopic (exact) mass is 284 g/mol. The van der Waals surface area contributed by atoms with Crippen molar-refractivity contribution in [3.63, 3.8) is 0 Å². The number of hydrogen-bond acceptors (Lipinski definition) is 2. The summed E-state index contributed by atoms with van der Waals surface area (Å²) >= 11 is 0. The van der Waals surface area contributed by atoms with Gasteiger partial charge in [-0.25, -0.2) is 13.2 Å². The SMILES string of the molecule is C#CCC(NC(=O)Cc1cc(F)c(F)cc1F)C(N)=O. The lowest BCUT2D eigenvalue weighted by molar-refractivity contribution is -0.126. The molecular weight excluding hydrogens is 273 g/mol. The van der Waals surface area contributed by atoms with Crippen molar-refractivity contribution in [1.82, 2.24) is 5.32 Å². The highest BCUT2D eigenvalue weighted by atomic mass is 19.2. The van der Waals surface area contributed by atoms with Crippen molar-refractivity contribution in [2.75, 3.05) is 0 Å². The second-order valence-electron chi connectivity index (χ2n) is 3.97. The molecule has 1 rings (SSSR count). The summed E-state index contributed by atoms with van der Waals surface area (Å²) in [6.45, 7) is 0. The largest absolute Gasteiger partial charge is 0.368 e. The molecule has 0 saturated heterocycles. The maximum absolute atomic E-state index is 13.3. The Kier molecular flexibility index (Phi) is 5.15. The summed E-state index contributed by atoms with van der Waals surface area (Å²) in [5.74, 6) is -3.17. The number of carbonyl (C=O) groups is 2. The number of nitrogens with one attached hydrogen (secondary N) is 1. The van der Waals surface area contributed by atoms with E-state index in [0.29, 0.717) is 12.1 Å². The number of rotatable bonds is 5. The minimum atomic E-state index is -1.35. The van der Waals surface area contributed by atoms with E-state index in [2.05, 4.69) is 11.2 Å². The Labute approximate surface area is 113 Å². The van der Waals surface area contributed by atoms with Crippen LogP contribution >= 0.6 is 0 Å². The van der Waals surface area contributed by atoms with Crippen molar-refractivity contribution >= 4 is 11.8 Å². The summed E-state index contributed by atoms with van der Waals surface area (Å²) in [6, 6.07) is -0.184. The highest BCUT2D eigenvalue weighted by Crippen LogP contribution is 2.14. The van der Waals surface area contributed by atoms with Crippen LogP contribution in [0.2, 0.25) is 0 Å². The third-order valence-electron chi connectivity index (χ3n) is 2.44. The molecule has 0 radical (unpaired) electrons. The lowest BCUT2D eigenvalue weighted by Crippen LogP contribution is -2.44. The summed E-state index contributed by atoms with van der Waals surface area (Å²) in [5.41, 5.74) is 4.66. The van der Waals surface area contributed by atoms with Crippen molar-refractivity contribution in [1.29, 1.82) is 0 Å². The fraction of sp³-hybridized carbons (Fsp3) is 0.231. The first-order valence-corrected chi connectivity index (χ1v) is 5.50. The van der Waals surface area contributed by atoms with Gasteiger partial charge in [0.1, 0.15) is 11.9 Å². The third-order valence-corrected chi connectivity index (χ3v) is 2.44. The standard InChI is InChI=1S/C13H11F3N2O2/c1-2-3-11(13(17)20)18-12(19)5-7-4-9(15)10(16)6-8(7)14/h1,4,6,11H,3,5H2,(H2,17,20)(H,18,19). The predicted octanol–water partition coefficient (Wildman–Crippen LogP) is 0.640. The van der Waals surface area contributed by atoms with Crippen LogP contribution in [-0.4, -0.2) is 17.9 Å². The molecule has 0 aromatic heterocycles. The van der Waals surface area contributed by atoms with Crippen LogP contribution in [0.25, 0.3) is 0 Å². The van der Waals surface area contributed by atoms with Crippen LogP contribution in [0.1, 0.15) is 12.0 Å². The molecule has 0 spiro atoms. The van der Waals surface area contributed by atoms with E-state index in [4.69, 9.17) is 12.2 Å². The van der Waals surface area contributed by atoms with Crippen molar-refractivity contribution in [2.45, 2.75) is 18.9 Å². The van der Waals surface area contributed by atoms with Gasteiger partial charge in [0.2, 0.25) is 11.8 Å². The number of halogens is 3. The van der Waals surface area contributed by atoms with Crippen molar-refractivity contribution in [3.8, 4) is 12.3 Å². The summed E-state index contributed by atoms with van der Waals surface area (Å²) in [5, 5.41) is 2.19. The Bertz CT molecular complexity index is 582. The number of hydrogen-bond donors (Lipinski definition) is 2. The quantitative estimate of drug-likeness (QED) is 0.615. The summed E-state index contributed by atoms with van der Waals surface area (Å²) in [7, 11) is 0. The zero-order valence-corrected chi connectivity index (χ0v) is 10.3. The summed E-state index contributed by atoms with van der Waals surface area (Å²) in [4.78, 5) is 22.6. The van der Waals surface area contributed by atoms with Gasteiger partial charge in [0.25, 0.3) is 0 Å². The molecule has 1 aromatic rings. The lowest BCUT2D eigenvalue weighted by atomic mass is 10.1. The van der Waals surface area contributed by atoms with Crippen molar-refractivity contribution < 1.29 is 22.8 Å². The second-order valence-corrected chi connectivity index (χ2v) is 3.97. The van der Waals surface area contributed by atoms with Crippen LogP contribution in [0.5, 0.6) is 0 Å². The molecule has 0 heterocycles. The van der Waals surface area contributed by atoms with Crippen LogP contribution in [0.3, 0.4) is 0 Å². The van der Waals surface area contributed by atoms with E-state index in [1.807, 2.05) is 0 Å². The van der Waals surface area contributed by atoms with Gasteiger partial charge in [-0.15, -0.1) is 12.3 Å². The molecule has 0 aliphatic carbocycles. The Morgan fingerprint density at radius 3 is 2.40 bits per heavy atom. The number of terminal acetylenes is 1. The first-order valence-electron chi connectivity index (χ1n) is 5.50. The van der Waals surface area contributed by atoms with Gasteiger partial charge in [-0.1, -0.05) is 0 Å². The van der Waals surface area contributed by atoms with Crippen molar-refractivity contribution in [2.24, 2.45) is 5.73 Å². The van der Waals surface area contributed by atoms with Crippen LogP contribution < -0.4 is 11.1 Å². The van der Waals surface area contributed by atoms with Crippen molar-refractivity contribution in [3.05, 3.63) is 35.1 Å². The molecule has 1 atom stereocenters. The van der Waals surface area contributed by atoms with E-state index in [1.54, 1.807) is 0 Å². The zero-order chi connectivity index (χ0) is 15.3. The number of nitrogens with two attached hydrogens (primary N) is 1. The Morgan fingerprint density at radius 1 is 1.25 bits per heavy atom. The average Bonchev–Trinajstić information content (AvgIpc) is 2.35. The number of amides is 2. The van der Waals surface area contributed by atoms with Gasteiger partial charge in [-0.05, 0) is 6.07 Å². The van der Waals surface area contributed by atoms with Gasteiger partial charge in [0.05, 0.1) is 6.42 Å². The molecule has 7 heteroatoms. The number of primary amides is 1. The fourth-order valence-electron chi connectivity index (χ4n) is 1.46. The first-order chi connectivity index (χ1) is 9.35. The molecule has 1 aromatic carbocycles. The normalized spacial score (nSPS) is 11.5. The first kappa shape index (κ1) is 15.6. The molecule has 0 aliphatic rings. The molecular formula is C13H11F3N2O2. The topological polar surface area (TPSA) is 72.2 Å². The van der Waals surface area contributed by atoms with Gasteiger partial charge in [-0.3, -0.25) is 9.59 Å². The summed E-state index contributed by atoms with van der Waals surface area (Å²) in [6.07, 6.45) is 4.30. The number of benzene rings is 1. The minimum absolute atomic E-state index is 0.124. The molecule has 0 bridgehead atoms. The van der Waals surface area contributed by atoms with Gasteiger partial charge in [0.15, 0.2) is 11.6 Å². The minimum Gasteiger partial charge on any atom is -0.368 e. The van der Waals surface area contributed by atoms with E-state index in [0.717, 1.165) is 0 Å². The highest BCUT2D eigenvalue weighted by molar-refractivity contribution is 5.87. The second kappa shape index (κ2) is 6.61. The molecule has 4 nitrogen and oxygen atoms in total. The molecule has 1 unspecified atom stereocenters. The van der Waals surface area contributed by atoms with E-state index in [-0.39, 0.29) is 12.0 Å². The van der Waals surface area contributed by atoms with Crippen LogP contribution in [0.15, 0.2) is 12.1 Å². The maximum Gasteiger partial charge on any atom is 0.240 e. The van der Waals surface area contributed by atoms with Crippen LogP contribution in [-0.2, 0) is 16.0 Å². The summed E-state index contributed by atoms with van der Waals surface area (Å²) < 4.78 is 39.0. The maximum atomic E-state index is 13.3. The van der Waals surface area contributed by atoms with Crippen LogP contribution in [0, 0.1) is 29.8 Å². The fourth-order valence-corrected chi connectivity index (χ4v) is 1.46. The Balaban J connectivity index is 2.79. The van der Waals surface area contributed by atoms with Gasteiger partial charge >= 0.3 is 0 Å². The Morgan fingerprint density at radius 2 is 1.85 bits per heavy atom. The van der Waals surface area contributed by atoms with Crippen LogP contribution in [0.4, 0.5) is 13.2 Å². The molecule has 0 fully saturated rings.